The molecule has 0 bridgehead atoms. The first-order valence-electron chi connectivity index (χ1n) is 11.0. The van der Waals surface area contributed by atoms with Crippen molar-refractivity contribution >= 4 is 5.91 Å². The summed E-state index contributed by atoms with van der Waals surface area (Å²) in [7, 11) is 0. The molecule has 2 fully saturated rings. The average molecular weight is 407 g/mol. The van der Waals surface area contributed by atoms with Crippen LogP contribution in [0, 0.1) is 11.3 Å². The van der Waals surface area contributed by atoms with Gasteiger partial charge in [-0.15, -0.1) is 0 Å². The van der Waals surface area contributed by atoms with Gasteiger partial charge >= 0.3 is 0 Å². The number of likely N-dealkylation sites (tertiary alicyclic amines) is 1. The highest BCUT2D eigenvalue weighted by molar-refractivity contribution is 5.78. The Hall–Kier alpha value is -2.40. The highest BCUT2D eigenvalue weighted by Gasteiger charge is 2.52. The lowest BCUT2D eigenvalue weighted by Gasteiger charge is -2.54. The number of carbonyl (C=O) groups is 1. The summed E-state index contributed by atoms with van der Waals surface area (Å²) in [6.45, 7) is 6.75. The zero-order chi connectivity index (χ0) is 20.8. The van der Waals surface area contributed by atoms with E-state index in [2.05, 4.69) is 31.0 Å². The molecule has 3 aliphatic rings. The van der Waals surface area contributed by atoms with E-state index < -0.39 is 0 Å². The highest BCUT2D eigenvalue weighted by Crippen LogP contribution is 2.55. The van der Waals surface area contributed by atoms with Crippen LogP contribution in [0.2, 0.25) is 0 Å². The third-order valence-electron chi connectivity index (χ3n) is 7.33. The van der Waals surface area contributed by atoms with Crippen LogP contribution in [-0.2, 0) is 16.0 Å². The van der Waals surface area contributed by atoms with E-state index in [0.29, 0.717) is 12.3 Å². The molecule has 1 aromatic heterocycles. The number of rotatable bonds is 2. The fourth-order valence-electron chi connectivity index (χ4n) is 5.47. The second-order valence-electron chi connectivity index (χ2n) is 9.70. The maximum atomic E-state index is 12.8. The van der Waals surface area contributed by atoms with Gasteiger partial charge in [0.15, 0.2) is 0 Å². The van der Waals surface area contributed by atoms with E-state index in [1.165, 1.54) is 5.56 Å². The van der Waals surface area contributed by atoms with Crippen molar-refractivity contribution in [1.29, 1.82) is 0 Å². The van der Waals surface area contributed by atoms with Gasteiger partial charge < -0.3 is 14.4 Å². The fourth-order valence-corrected chi connectivity index (χ4v) is 5.47. The molecule has 2 atom stereocenters. The molecule has 0 N–H and O–H groups in total. The van der Waals surface area contributed by atoms with E-state index in [1.807, 2.05) is 29.2 Å². The summed E-state index contributed by atoms with van der Waals surface area (Å²) >= 11 is 0. The molecule has 2 saturated heterocycles. The molecule has 5 heteroatoms. The van der Waals surface area contributed by atoms with Crippen molar-refractivity contribution in [3.05, 3.63) is 59.9 Å². The predicted molar refractivity (Wildman–Crippen MR) is 114 cm³/mol. The van der Waals surface area contributed by atoms with Gasteiger partial charge in [0.05, 0.1) is 19.1 Å². The van der Waals surface area contributed by atoms with Crippen molar-refractivity contribution in [3.8, 4) is 5.75 Å². The summed E-state index contributed by atoms with van der Waals surface area (Å²) < 4.78 is 12.9. The third kappa shape index (κ3) is 3.49. The molecule has 30 heavy (non-hydrogen) atoms. The number of hydrogen-bond acceptors (Lipinski definition) is 4. The third-order valence-corrected chi connectivity index (χ3v) is 7.33. The molecule has 158 valence electrons. The molecular weight excluding hydrogens is 376 g/mol. The molecule has 0 radical (unpaired) electrons. The smallest absolute Gasteiger partial charge is 0.227 e. The number of piperidine rings is 1. The molecule has 0 saturated carbocycles. The van der Waals surface area contributed by atoms with Crippen LogP contribution in [-0.4, -0.2) is 41.1 Å². The summed E-state index contributed by atoms with van der Waals surface area (Å²) in [5.74, 6) is 1.47. The first-order chi connectivity index (χ1) is 14.5. The van der Waals surface area contributed by atoms with E-state index in [-0.39, 0.29) is 23.0 Å². The summed E-state index contributed by atoms with van der Waals surface area (Å²) in [4.78, 5) is 18.9. The maximum absolute atomic E-state index is 12.8. The fraction of sp³-hybridized carbons (Fsp3) is 0.520. The zero-order valence-corrected chi connectivity index (χ0v) is 17.8. The summed E-state index contributed by atoms with van der Waals surface area (Å²) in [6, 6.07) is 12.1. The highest BCUT2D eigenvalue weighted by atomic mass is 16.5. The number of benzene rings is 1. The minimum atomic E-state index is -0.264. The Morgan fingerprint density at radius 2 is 1.97 bits per heavy atom. The van der Waals surface area contributed by atoms with Gasteiger partial charge in [-0.05, 0) is 56.2 Å². The molecule has 0 unspecified atom stereocenters. The first kappa shape index (κ1) is 19.6. The lowest BCUT2D eigenvalue weighted by molar-refractivity contribution is -0.176. The number of carbonyl (C=O) groups excluding carboxylic acids is 1. The van der Waals surface area contributed by atoms with Crippen molar-refractivity contribution in [1.82, 2.24) is 9.88 Å². The van der Waals surface area contributed by atoms with Gasteiger partial charge in [-0.1, -0.05) is 24.3 Å². The van der Waals surface area contributed by atoms with Crippen molar-refractivity contribution in [3.63, 3.8) is 0 Å². The number of aromatic nitrogens is 1. The van der Waals surface area contributed by atoms with Gasteiger partial charge in [0.1, 0.15) is 11.4 Å². The van der Waals surface area contributed by atoms with Crippen LogP contribution in [0.4, 0.5) is 0 Å². The topological polar surface area (TPSA) is 51.7 Å². The minimum Gasteiger partial charge on any atom is -0.487 e. The van der Waals surface area contributed by atoms with Crippen LogP contribution >= 0.6 is 0 Å². The van der Waals surface area contributed by atoms with Crippen molar-refractivity contribution in [2.75, 3.05) is 19.7 Å². The molecular formula is C25H30N2O3. The molecule has 5 rings (SSSR count). The number of pyridine rings is 1. The van der Waals surface area contributed by atoms with Gasteiger partial charge in [-0.25, -0.2) is 0 Å². The summed E-state index contributed by atoms with van der Waals surface area (Å²) in [5.41, 5.74) is 2.03. The summed E-state index contributed by atoms with van der Waals surface area (Å²) in [6.07, 6.45) is 7.12. The molecule has 2 aromatic rings. The lowest BCUT2D eigenvalue weighted by atomic mass is 9.64. The Labute approximate surface area is 178 Å². The number of nitrogens with zero attached hydrogens (tertiary/aromatic N) is 2. The minimum absolute atomic E-state index is 0.0980. The molecule has 4 heterocycles. The Morgan fingerprint density at radius 3 is 2.73 bits per heavy atom. The van der Waals surface area contributed by atoms with Crippen molar-refractivity contribution < 1.29 is 14.3 Å². The standard InChI is InChI=1S/C25H30N2O3/c1-24(2)20-15-25(17-29-23(20)19-7-3-4-8-21(19)30-24)9-12-27(13-10-25)22(28)14-18-6-5-11-26-16-18/h3-8,11,16,20,23H,9-10,12-15,17H2,1-2H3/t20-,23+/m0/s1. The molecule has 1 aromatic carbocycles. The van der Waals surface area contributed by atoms with Gasteiger partial charge in [-0.3, -0.25) is 9.78 Å². The Morgan fingerprint density at radius 1 is 1.17 bits per heavy atom. The summed E-state index contributed by atoms with van der Waals surface area (Å²) in [5, 5.41) is 0. The van der Waals surface area contributed by atoms with E-state index in [1.54, 1.807) is 12.4 Å². The van der Waals surface area contributed by atoms with Gasteiger partial charge in [0.2, 0.25) is 5.91 Å². The average Bonchev–Trinajstić information content (AvgIpc) is 2.75. The van der Waals surface area contributed by atoms with Crippen LogP contribution < -0.4 is 4.74 Å². The number of hydrogen-bond donors (Lipinski definition) is 0. The Kier molecular flexibility index (Phi) is 4.81. The quantitative estimate of drug-likeness (QED) is 0.751. The largest absolute Gasteiger partial charge is 0.487 e. The zero-order valence-electron chi connectivity index (χ0n) is 17.8. The molecule has 1 spiro atoms. The van der Waals surface area contributed by atoms with Gasteiger partial charge in [-0.2, -0.15) is 0 Å². The van der Waals surface area contributed by atoms with E-state index in [9.17, 15) is 4.79 Å². The van der Waals surface area contributed by atoms with E-state index in [4.69, 9.17) is 9.47 Å². The van der Waals surface area contributed by atoms with Crippen LogP contribution in [0.1, 0.15) is 50.3 Å². The predicted octanol–water partition coefficient (Wildman–Crippen LogP) is 4.18. The number of amides is 1. The number of para-hydroxylation sites is 1. The number of ether oxygens (including phenoxy) is 2. The maximum Gasteiger partial charge on any atom is 0.227 e. The second kappa shape index (κ2) is 7.38. The number of fused-ring (bicyclic) bond motifs is 3. The van der Waals surface area contributed by atoms with Crippen LogP contribution in [0.5, 0.6) is 5.75 Å². The Bertz CT molecular complexity index is 919. The van der Waals surface area contributed by atoms with Crippen molar-refractivity contribution in [2.24, 2.45) is 11.3 Å². The first-order valence-corrected chi connectivity index (χ1v) is 11.0. The lowest BCUT2D eigenvalue weighted by Crippen LogP contribution is -2.54. The van der Waals surface area contributed by atoms with Crippen LogP contribution in [0.3, 0.4) is 0 Å². The van der Waals surface area contributed by atoms with Gasteiger partial charge in [0, 0.05) is 37.0 Å². The van der Waals surface area contributed by atoms with Crippen molar-refractivity contribution in [2.45, 2.75) is 51.2 Å². The Balaban J connectivity index is 1.27. The molecule has 5 nitrogen and oxygen atoms in total. The van der Waals surface area contributed by atoms with Gasteiger partial charge in [0.25, 0.3) is 0 Å². The van der Waals surface area contributed by atoms with Crippen LogP contribution in [0.25, 0.3) is 0 Å². The van der Waals surface area contributed by atoms with Crippen LogP contribution in [0.15, 0.2) is 48.8 Å². The van der Waals surface area contributed by atoms with E-state index >= 15 is 0 Å². The van der Waals surface area contributed by atoms with E-state index in [0.717, 1.165) is 50.3 Å². The molecule has 0 aliphatic carbocycles. The second-order valence-corrected chi connectivity index (χ2v) is 9.70. The molecule has 1 amide bonds. The molecule has 3 aliphatic heterocycles. The normalized spacial score (nSPS) is 26.4. The monoisotopic (exact) mass is 406 g/mol. The SMILES string of the molecule is CC1(C)Oc2ccccc2[C@H]2OCC3(CCN(C(=O)Cc4cccnc4)CC3)C[C@@H]21.